The maximum Gasteiger partial charge on any atom is 0.131 e. The highest BCUT2D eigenvalue weighted by atomic mass is 127. The number of hydrogen-bond acceptors (Lipinski definition) is 0. The standard InChI is InChI=1S/C20H19IP.BrH/c1-17(21)22(18-11-5-2-6-12-18,19-13-7-3-8-14-19)20-15-9-4-10-16-20;/h2-17H,1H3;1H/q+1;. The van der Waals surface area contributed by atoms with Gasteiger partial charge in [-0.3, -0.25) is 0 Å². The smallest absolute Gasteiger partial charge is 0.114 e. The van der Waals surface area contributed by atoms with Crippen LogP contribution in [0.25, 0.3) is 0 Å². The van der Waals surface area contributed by atoms with E-state index in [1.165, 1.54) is 15.9 Å². The lowest BCUT2D eigenvalue weighted by Gasteiger charge is -2.30. The van der Waals surface area contributed by atoms with Gasteiger partial charge in [0.15, 0.2) is 0 Å². The van der Waals surface area contributed by atoms with E-state index in [0.717, 1.165) is 0 Å². The molecule has 0 aromatic heterocycles. The van der Waals surface area contributed by atoms with Crippen LogP contribution in [0, 0.1) is 0 Å². The summed E-state index contributed by atoms with van der Waals surface area (Å²) in [5.74, 6) is 0. The monoisotopic (exact) mass is 497 g/mol. The number of alkyl halides is 1. The molecule has 0 bridgehead atoms. The van der Waals surface area contributed by atoms with Gasteiger partial charge in [-0.2, -0.15) is 0 Å². The van der Waals surface area contributed by atoms with Gasteiger partial charge in [-0.1, -0.05) is 54.6 Å². The molecule has 0 N–H and O–H groups in total. The topological polar surface area (TPSA) is 0 Å². The average Bonchev–Trinajstić information content (AvgIpc) is 2.58. The molecule has 0 heterocycles. The Balaban J connectivity index is 0.00000192. The van der Waals surface area contributed by atoms with Crippen LogP contribution in [0.1, 0.15) is 6.92 Å². The summed E-state index contributed by atoms with van der Waals surface area (Å²) in [7, 11) is -1.64. The lowest BCUT2D eigenvalue weighted by molar-refractivity contribution is 1.44. The maximum absolute atomic E-state index is 2.62. The van der Waals surface area contributed by atoms with E-state index in [1.54, 1.807) is 0 Å². The third kappa shape index (κ3) is 3.55. The Labute approximate surface area is 163 Å². The van der Waals surface area contributed by atoms with Crippen molar-refractivity contribution in [1.29, 1.82) is 0 Å². The number of hydrogen-bond donors (Lipinski definition) is 0. The molecule has 3 rings (SSSR count). The summed E-state index contributed by atoms with van der Waals surface area (Å²) in [5, 5.41) is 4.36. The molecule has 0 aliphatic rings. The lowest BCUT2D eigenvalue weighted by Crippen LogP contribution is -2.35. The van der Waals surface area contributed by atoms with E-state index in [1.807, 2.05) is 0 Å². The van der Waals surface area contributed by atoms with Gasteiger partial charge >= 0.3 is 0 Å². The molecule has 0 fully saturated rings. The fourth-order valence-corrected chi connectivity index (χ4v) is 10.0. The molecule has 0 saturated heterocycles. The van der Waals surface area contributed by atoms with Crippen LogP contribution >= 0.6 is 46.8 Å². The van der Waals surface area contributed by atoms with Crippen LogP contribution in [-0.4, -0.2) is 3.67 Å². The van der Waals surface area contributed by atoms with E-state index < -0.39 is 7.26 Å². The highest BCUT2D eigenvalue weighted by molar-refractivity contribution is 14.1. The minimum absolute atomic E-state index is 0. The summed E-state index contributed by atoms with van der Waals surface area (Å²) in [6.45, 7) is 2.35. The zero-order valence-corrected chi connectivity index (χ0v) is 17.7. The molecule has 0 aliphatic heterocycles. The molecule has 1 unspecified atom stereocenters. The molecular weight excluding hydrogens is 478 g/mol. The van der Waals surface area contributed by atoms with Crippen molar-refractivity contribution in [2.24, 2.45) is 0 Å². The second-order valence-electron chi connectivity index (χ2n) is 5.30. The molecule has 0 saturated carbocycles. The summed E-state index contributed by atoms with van der Waals surface area (Å²) in [6.07, 6.45) is 0. The van der Waals surface area contributed by atoms with Gasteiger partial charge in [0.05, 0.1) is 0 Å². The number of benzene rings is 3. The molecule has 0 nitrogen and oxygen atoms in total. The first-order valence-electron chi connectivity index (χ1n) is 7.46. The van der Waals surface area contributed by atoms with Gasteiger partial charge in [-0.15, -0.1) is 17.0 Å². The molecular formula is C20H20BrIP+. The average molecular weight is 498 g/mol. The molecule has 1 atom stereocenters. The SMILES string of the molecule is Br.CC(I)[P+](c1ccccc1)(c1ccccc1)c1ccccc1. The zero-order valence-electron chi connectivity index (χ0n) is 13.0. The van der Waals surface area contributed by atoms with Crippen LogP contribution in [0.5, 0.6) is 0 Å². The van der Waals surface area contributed by atoms with E-state index in [4.69, 9.17) is 0 Å². The second kappa shape index (κ2) is 8.41. The first kappa shape index (κ1) is 18.6. The molecule has 0 spiro atoms. The largest absolute Gasteiger partial charge is 0.131 e. The van der Waals surface area contributed by atoms with Crippen molar-refractivity contribution in [3.8, 4) is 0 Å². The van der Waals surface area contributed by atoms with Crippen LogP contribution in [0.2, 0.25) is 0 Å². The van der Waals surface area contributed by atoms with Gasteiger partial charge in [-0.25, -0.2) is 0 Å². The Morgan fingerprint density at radius 2 is 0.870 bits per heavy atom. The van der Waals surface area contributed by atoms with E-state index in [-0.39, 0.29) is 17.0 Å². The van der Waals surface area contributed by atoms with Gasteiger partial charge in [0.1, 0.15) is 26.8 Å². The minimum atomic E-state index is -1.64. The molecule has 3 heteroatoms. The van der Waals surface area contributed by atoms with E-state index in [2.05, 4.69) is 121 Å². The summed E-state index contributed by atoms with van der Waals surface area (Å²) >= 11 is 2.62. The predicted octanol–water partition coefficient (Wildman–Crippen LogP) is 5.34. The van der Waals surface area contributed by atoms with Gasteiger partial charge in [0.2, 0.25) is 0 Å². The fraction of sp³-hybridized carbons (Fsp3) is 0.100. The first-order chi connectivity index (χ1) is 10.8. The third-order valence-corrected chi connectivity index (χ3v) is 10.9. The normalized spacial score (nSPS) is 12.3. The predicted molar refractivity (Wildman–Crippen MR) is 119 cm³/mol. The van der Waals surface area contributed by atoms with Gasteiger partial charge < -0.3 is 0 Å². The second-order valence-corrected chi connectivity index (χ2v) is 11.9. The Morgan fingerprint density at radius 3 is 1.09 bits per heavy atom. The Kier molecular flexibility index (Phi) is 6.82. The summed E-state index contributed by atoms with van der Waals surface area (Å²) in [4.78, 5) is 0. The quantitative estimate of drug-likeness (QED) is 0.259. The van der Waals surface area contributed by atoms with Crippen LogP contribution in [0.3, 0.4) is 0 Å². The molecule has 0 aliphatic carbocycles. The third-order valence-electron chi connectivity index (χ3n) is 4.02. The molecule has 0 radical (unpaired) electrons. The molecule has 0 amide bonds. The minimum Gasteiger partial charge on any atom is -0.114 e. The molecule has 118 valence electrons. The zero-order chi connectivity index (χ0) is 15.4. The van der Waals surface area contributed by atoms with Crippen LogP contribution in [-0.2, 0) is 0 Å². The summed E-state index contributed by atoms with van der Waals surface area (Å²) in [6, 6.07) is 33.0. The van der Waals surface area contributed by atoms with Crippen molar-refractivity contribution in [3.63, 3.8) is 0 Å². The number of rotatable bonds is 4. The van der Waals surface area contributed by atoms with Crippen molar-refractivity contribution < 1.29 is 0 Å². The van der Waals surface area contributed by atoms with Crippen molar-refractivity contribution >= 4 is 62.7 Å². The fourth-order valence-electron chi connectivity index (χ4n) is 3.05. The maximum atomic E-state index is 2.62. The summed E-state index contributed by atoms with van der Waals surface area (Å²) in [5.41, 5.74) is 0. The van der Waals surface area contributed by atoms with E-state index in [9.17, 15) is 0 Å². The lowest BCUT2D eigenvalue weighted by atomic mass is 10.4. The van der Waals surface area contributed by atoms with Crippen LogP contribution in [0.4, 0.5) is 0 Å². The van der Waals surface area contributed by atoms with Crippen molar-refractivity contribution in [2.75, 3.05) is 0 Å². The Hall–Kier alpha value is -0.700. The van der Waals surface area contributed by atoms with Gasteiger partial charge in [-0.05, 0) is 65.9 Å². The van der Waals surface area contributed by atoms with Crippen molar-refractivity contribution in [3.05, 3.63) is 91.0 Å². The number of halogens is 2. The Bertz CT molecular complexity index is 618. The summed E-state index contributed by atoms with van der Waals surface area (Å²) < 4.78 is 0.525. The van der Waals surface area contributed by atoms with E-state index >= 15 is 0 Å². The first-order valence-corrected chi connectivity index (χ1v) is 10.6. The van der Waals surface area contributed by atoms with Crippen molar-refractivity contribution in [1.82, 2.24) is 0 Å². The molecule has 3 aromatic carbocycles. The Morgan fingerprint density at radius 1 is 0.609 bits per heavy atom. The van der Waals surface area contributed by atoms with E-state index in [0.29, 0.717) is 3.67 Å². The molecule has 3 aromatic rings. The highest BCUT2D eigenvalue weighted by Gasteiger charge is 2.49. The van der Waals surface area contributed by atoms with Crippen LogP contribution < -0.4 is 15.9 Å². The molecule has 23 heavy (non-hydrogen) atoms. The van der Waals surface area contributed by atoms with Gasteiger partial charge in [0, 0.05) is 0 Å². The van der Waals surface area contributed by atoms with Crippen LogP contribution in [0.15, 0.2) is 91.0 Å². The van der Waals surface area contributed by atoms with Crippen molar-refractivity contribution in [2.45, 2.75) is 10.6 Å². The highest BCUT2D eigenvalue weighted by Crippen LogP contribution is 2.61. The van der Waals surface area contributed by atoms with Gasteiger partial charge in [0.25, 0.3) is 0 Å².